The van der Waals surface area contributed by atoms with Crippen molar-refractivity contribution in [3.63, 3.8) is 0 Å². The summed E-state index contributed by atoms with van der Waals surface area (Å²) in [5, 5.41) is 7.70. The smallest absolute Gasteiger partial charge is 0.261 e. The fraction of sp³-hybridized carbons (Fsp3) is 0.455. The number of benzene rings is 1. The summed E-state index contributed by atoms with van der Waals surface area (Å²) in [5.41, 5.74) is 4.05. The highest BCUT2D eigenvalue weighted by molar-refractivity contribution is 5.96. The first-order chi connectivity index (χ1) is 14.5. The Balaban J connectivity index is 1.31. The van der Waals surface area contributed by atoms with Crippen LogP contribution in [0.4, 0.5) is 5.69 Å². The summed E-state index contributed by atoms with van der Waals surface area (Å²) in [6.45, 7) is 7.29. The third-order valence-electron chi connectivity index (χ3n) is 6.23. The molecule has 2 aromatic heterocycles. The zero-order chi connectivity index (χ0) is 20.8. The van der Waals surface area contributed by atoms with Crippen LogP contribution in [0, 0.1) is 19.8 Å². The highest BCUT2D eigenvalue weighted by Crippen LogP contribution is 2.30. The topological polar surface area (TPSA) is 87.1 Å². The van der Waals surface area contributed by atoms with Gasteiger partial charge in [0.2, 0.25) is 0 Å². The molecule has 1 N–H and O–H groups in total. The lowest BCUT2D eigenvalue weighted by molar-refractivity contribution is 0.0745. The molecule has 2 fully saturated rings. The Labute approximate surface area is 174 Å². The van der Waals surface area contributed by atoms with E-state index in [0.717, 1.165) is 42.2 Å². The minimum Gasteiger partial charge on any atom is -0.368 e. The number of amides is 1. The summed E-state index contributed by atoms with van der Waals surface area (Å²) >= 11 is 0. The van der Waals surface area contributed by atoms with E-state index in [1.165, 1.54) is 12.8 Å². The zero-order valence-corrected chi connectivity index (χ0v) is 17.4. The molecule has 5 rings (SSSR count). The van der Waals surface area contributed by atoms with Crippen LogP contribution in [0.5, 0.6) is 0 Å². The van der Waals surface area contributed by atoms with Gasteiger partial charge in [0.15, 0.2) is 0 Å². The Bertz CT molecular complexity index is 1150. The summed E-state index contributed by atoms with van der Waals surface area (Å²) in [5.74, 6) is 0.671. The number of fused-ring (bicyclic) bond motifs is 1. The molecule has 1 amide bonds. The Morgan fingerprint density at radius 1 is 1.17 bits per heavy atom. The molecule has 1 saturated carbocycles. The summed E-state index contributed by atoms with van der Waals surface area (Å²) < 4.78 is 1.74. The molecule has 8 nitrogen and oxygen atoms in total. The number of nitrogens with zero attached hydrogens (tertiary/aromatic N) is 5. The van der Waals surface area contributed by atoms with Crippen molar-refractivity contribution in [3.8, 4) is 0 Å². The SMILES string of the molecule is Cc1n[nH]c(C)c1C(=O)N1CCN(c2ccc3c(=O)n(CC4CC4)cnc3c2)CC1. The van der Waals surface area contributed by atoms with E-state index in [9.17, 15) is 9.59 Å². The molecule has 0 atom stereocenters. The van der Waals surface area contributed by atoms with Crippen molar-refractivity contribution < 1.29 is 4.79 Å². The maximum Gasteiger partial charge on any atom is 0.261 e. The monoisotopic (exact) mass is 406 g/mol. The summed E-state index contributed by atoms with van der Waals surface area (Å²) in [6.07, 6.45) is 4.09. The summed E-state index contributed by atoms with van der Waals surface area (Å²) in [7, 11) is 0. The lowest BCUT2D eigenvalue weighted by atomic mass is 10.1. The molecule has 2 aliphatic rings. The molecule has 0 radical (unpaired) electrons. The van der Waals surface area contributed by atoms with Crippen LogP contribution in [0.25, 0.3) is 10.9 Å². The molecule has 30 heavy (non-hydrogen) atoms. The zero-order valence-electron chi connectivity index (χ0n) is 17.4. The first-order valence-electron chi connectivity index (χ1n) is 10.6. The van der Waals surface area contributed by atoms with Crippen molar-refractivity contribution >= 4 is 22.5 Å². The number of H-pyrrole nitrogens is 1. The summed E-state index contributed by atoms with van der Waals surface area (Å²) in [6, 6.07) is 5.87. The maximum absolute atomic E-state index is 12.9. The van der Waals surface area contributed by atoms with Gasteiger partial charge in [-0.1, -0.05) is 0 Å². The van der Waals surface area contributed by atoms with Crippen LogP contribution in [0.1, 0.15) is 34.6 Å². The number of carbonyl (C=O) groups is 1. The number of nitrogens with one attached hydrogen (secondary N) is 1. The van der Waals surface area contributed by atoms with Gasteiger partial charge < -0.3 is 9.80 Å². The van der Waals surface area contributed by atoms with E-state index < -0.39 is 0 Å². The van der Waals surface area contributed by atoms with Crippen LogP contribution in [0.2, 0.25) is 0 Å². The van der Waals surface area contributed by atoms with Gasteiger partial charge in [0, 0.05) is 44.1 Å². The average molecular weight is 406 g/mol. The second-order valence-electron chi connectivity index (χ2n) is 8.44. The number of hydrogen-bond donors (Lipinski definition) is 1. The van der Waals surface area contributed by atoms with Crippen molar-refractivity contribution in [3.05, 3.63) is 51.8 Å². The normalized spacial score (nSPS) is 17.0. The van der Waals surface area contributed by atoms with Crippen molar-refractivity contribution in [2.24, 2.45) is 5.92 Å². The number of hydrogen-bond acceptors (Lipinski definition) is 5. The highest BCUT2D eigenvalue weighted by atomic mass is 16.2. The standard InChI is InChI=1S/C22H26N6O2/c1-14-20(15(2)25-24-14)22(30)27-9-7-26(8-10-27)17-5-6-18-19(11-17)23-13-28(21(18)29)12-16-3-4-16/h5-6,11,13,16H,3-4,7-10,12H2,1-2H3,(H,24,25). The van der Waals surface area contributed by atoms with Crippen LogP contribution in [-0.4, -0.2) is 56.7 Å². The molecule has 1 saturated heterocycles. The molecule has 8 heteroatoms. The number of aryl methyl sites for hydroxylation is 2. The Morgan fingerprint density at radius 2 is 1.93 bits per heavy atom. The van der Waals surface area contributed by atoms with E-state index in [2.05, 4.69) is 20.1 Å². The van der Waals surface area contributed by atoms with Gasteiger partial charge in [-0.25, -0.2) is 4.98 Å². The molecule has 0 unspecified atom stereocenters. The Kier molecular flexibility index (Phi) is 4.56. The minimum absolute atomic E-state index is 0.0368. The van der Waals surface area contributed by atoms with Gasteiger partial charge in [0.05, 0.1) is 28.5 Å². The number of rotatable bonds is 4. The highest BCUT2D eigenvalue weighted by Gasteiger charge is 2.26. The first-order valence-corrected chi connectivity index (χ1v) is 10.6. The third kappa shape index (κ3) is 3.36. The fourth-order valence-corrected chi connectivity index (χ4v) is 4.24. The van der Waals surface area contributed by atoms with Crippen molar-refractivity contribution in [2.45, 2.75) is 33.2 Å². The molecule has 0 spiro atoms. The predicted octanol–water partition coefficient (Wildman–Crippen LogP) is 2.11. The van der Waals surface area contributed by atoms with Crippen LogP contribution >= 0.6 is 0 Å². The van der Waals surface area contributed by atoms with Gasteiger partial charge in [-0.05, 0) is 50.8 Å². The number of aromatic amines is 1. The predicted molar refractivity (Wildman–Crippen MR) is 115 cm³/mol. The first kappa shape index (κ1) is 18.8. The lowest BCUT2D eigenvalue weighted by Crippen LogP contribution is -2.49. The van der Waals surface area contributed by atoms with Crippen LogP contribution in [-0.2, 0) is 6.54 Å². The maximum atomic E-state index is 12.9. The molecule has 1 aromatic carbocycles. The second-order valence-corrected chi connectivity index (χ2v) is 8.44. The van der Waals surface area contributed by atoms with E-state index in [4.69, 9.17) is 0 Å². The molecule has 3 aromatic rings. The van der Waals surface area contributed by atoms with Crippen molar-refractivity contribution in [1.29, 1.82) is 0 Å². The van der Waals surface area contributed by atoms with Gasteiger partial charge in [0.25, 0.3) is 11.5 Å². The quantitative estimate of drug-likeness (QED) is 0.717. The average Bonchev–Trinajstić information content (AvgIpc) is 3.52. The van der Waals surface area contributed by atoms with Crippen LogP contribution in [0.15, 0.2) is 29.3 Å². The van der Waals surface area contributed by atoms with Gasteiger partial charge in [0.1, 0.15) is 0 Å². The lowest BCUT2D eigenvalue weighted by Gasteiger charge is -2.36. The number of piperazine rings is 1. The molecule has 0 bridgehead atoms. The van der Waals surface area contributed by atoms with Crippen molar-refractivity contribution in [2.75, 3.05) is 31.1 Å². The Morgan fingerprint density at radius 3 is 2.60 bits per heavy atom. The van der Waals surface area contributed by atoms with Crippen LogP contribution < -0.4 is 10.5 Å². The third-order valence-corrected chi connectivity index (χ3v) is 6.23. The van der Waals surface area contributed by atoms with E-state index >= 15 is 0 Å². The van der Waals surface area contributed by atoms with Gasteiger partial charge in [-0.15, -0.1) is 0 Å². The molecule has 1 aliphatic heterocycles. The van der Waals surface area contributed by atoms with Crippen LogP contribution in [0.3, 0.4) is 0 Å². The molecule has 3 heterocycles. The van der Waals surface area contributed by atoms with Gasteiger partial charge in [-0.2, -0.15) is 5.10 Å². The summed E-state index contributed by atoms with van der Waals surface area (Å²) in [4.78, 5) is 34.3. The molecule has 1 aliphatic carbocycles. The minimum atomic E-state index is 0.0368. The van der Waals surface area contributed by atoms with E-state index in [1.807, 2.05) is 36.9 Å². The van der Waals surface area contributed by atoms with Crippen molar-refractivity contribution in [1.82, 2.24) is 24.6 Å². The van der Waals surface area contributed by atoms with E-state index in [1.54, 1.807) is 10.9 Å². The van der Waals surface area contributed by atoms with E-state index in [-0.39, 0.29) is 11.5 Å². The Hall–Kier alpha value is -3.16. The second kappa shape index (κ2) is 7.27. The largest absolute Gasteiger partial charge is 0.368 e. The number of aromatic nitrogens is 4. The fourth-order valence-electron chi connectivity index (χ4n) is 4.24. The number of carbonyl (C=O) groups excluding carboxylic acids is 1. The van der Waals surface area contributed by atoms with E-state index in [0.29, 0.717) is 30.0 Å². The number of anilines is 1. The molecule has 156 valence electrons. The van der Waals surface area contributed by atoms with Gasteiger partial charge in [-0.3, -0.25) is 19.3 Å². The molecular weight excluding hydrogens is 380 g/mol. The molecular formula is C22H26N6O2. The van der Waals surface area contributed by atoms with Gasteiger partial charge >= 0.3 is 0 Å².